The molecule has 0 saturated heterocycles. The van der Waals surface area contributed by atoms with Crippen molar-refractivity contribution in [3.05, 3.63) is 100 Å². The number of hydrogen-bond acceptors (Lipinski definition) is 5. The molecule has 182 valence electrons. The number of aryl methyl sites for hydroxylation is 2. The molecular weight excluding hydrogens is 462 g/mol. The van der Waals surface area contributed by atoms with Crippen LogP contribution in [0.1, 0.15) is 29.9 Å². The Balaban J connectivity index is 1.94. The minimum absolute atomic E-state index is 0.102. The average Bonchev–Trinajstić information content (AvgIpc) is 2.85. The Hall–Kier alpha value is -3.33. The molecular formula is C27H29N3O4S. The molecule has 0 aliphatic heterocycles. The first-order valence-corrected chi connectivity index (χ1v) is 12.8. The highest BCUT2D eigenvalue weighted by molar-refractivity contribution is 7.89. The predicted molar refractivity (Wildman–Crippen MR) is 137 cm³/mol. The first-order valence-electron chi connectivity index (χ1n) is 11.4. The van der Waals surface area contributed by atoms with E-state index in [9.17, 15) is 13.2 Å². The van der Waals surface area contributed by atoms with E-state index in [2.05, 4.69) is 0 Å². The summed E-state index contributed by atoms with van der Waals surface area (Å²) in [5.74, 6) is 0.337. The maximum atomic E-state index is 13.8. The average molecular weight is 492 g/mol. The molecule has 0 saturated carbocycles. The van der Waals surface area contributed by atoms with Gasteiger partial charge in [0.1, 0.15) is 5.82 Å². The summed E-state index contributed by atoms with van der Waals surface area (Å²) in [6.07, 6.45) is 0. The Bertz CT molecular complexity index is 1490. The summed E-state index contributed by atoms with van der Waals surface area (Å²) in [4.78, 5) is 18.6. The van der Waals surface area contributed by atoms with Crippen LogP contribution in [0, 0.1) is 13.8 Å². The van der Waals surface area contributed by atoms with Crippen molar-refractivity contribution in [1.29, 1.82) is 0 Å². The van der Waals surface area contributed by atoms with Crippen molar-refractivity contribution in [2.24, 2.45) is 0 Å². The Morgan fingerprint density at radius 3 is 2.17 bits per heavy atom. The van der Waals surface area contributed by atoms with Gasteiger partial charge in [-0.05, 0) is 57.2 Å². The molecule has 0 aliphatic carbocycles. The number of aromatic nitrogens is 2. The predicted octanol–water partition coefficient (Wildman–Crippen LogP) is 4.40. The maximum Gasteiger partial charge on any atom is 0.266 e. The summed E-state index contributed by atoms with van der Waals surface area (Å²) in [5.41, 5.74) is 2.90. The van der Waals surface area contributed by atoms with Gasteiger partial charge in [0.15, 0.2) is 0 Å². The third-order valence-electron chi connectivity index (χ3n) is 6.04. The van der Waals surface area contributed by atoms with E-state index < -0.39 is 16.1 Å². The van der Waals surface area contributed by atoms with Crippen molar-refractivity contribution < 1.29 is 13.2 Å². The van der Waals surface area contributed by atoms with E-state index in [0.29, 0.717) is 22.4 Å². The molecule has 1 aromatic heterocycles. The molecule has 7 nitrogen and oxygen atoms in total. The highest BCUT2D eigenvalue weighted by atomic mass is 32.2. The third kappa shape index (κ3) is 4.91. The fourth-order valence-corrected chi connectivity index (χ4v) is 5.63. The maximum absolute atomic E-state index is 13.8. The Morgan fingerprint density at radius 1 is 0.943 bits per heavy atom. The number of fused-ring (bicyclic) bond motifs is 1. The topological polar surface area (TPSA) is 81.5 Å². The molecule has 4 rings (SSSR count). The van der Waals surface area contributed by atoms with Crippen molar-refractivity contribution >= 4 is 20.9 Å². The van der Waals surface area contributed by atoms with Gasteiger partial charge >= 0.3 is 0 Å². The molecule has 8 heteroatoms. The number of methoxy groups -OCH3 is 1. The second kappa shape index (κ2) is 10.1. The lowest BCUT2D eigenvalue weighted by Crippen LogP contribution is -2.39. The van der Waals surface area contributed by atoms with E-state index in [-0.39, 0.29) is 23.6 Å². The lowest BCUT2D eigenvalue weighted by atomic mass is 10.2. The monoisotopic (exact) mass is 491 g/mol. The van der Waals surface area contributed by atoms with Gasteiger partial charge in [-0.1, -0.05) is 47.5 Å². The molecule has 4 aromatic rings. The highest BCUT2D eigenvalue weighted by Crippen LogP contribution is 2.28. The van der Waals surface area contributed by atoms with E-state index in [4.69, 9.17) is 9.72 Å². The van der Waals surface area contributed by atoms with Crippen LogP contribution in [0.25, 0.3) is 16.6 Å². The summed E-state index contributed by atoms with van der Waals surface area (Å²) in [5, 5.41) is 0.467. The van der Waals surface area contributed by atoms with Gasteiger partial charge in [-0.15, -0.1) is 0 Å². The first kappa shape index (κ1) is 24.8. The number of sulfonamides is 1. The number of benzene rings is 3. The molecule has 3 aromatic carbocycles. The Kier molecular flexibility index (Phi) is 7.16. The molecule has 0 radical (unpaired) electrons. The SMILES string of the molecule is COCCN(C(C)c1nc2ccccc2c(=O)n1-c1ccc(C)cc1)S(=O)(=O)c1ccc(C)cc1. The van der Waals surface area contributed by atoms with Crippen LogP contribution in [0.5, 0.6) is 0 Å². The van der Waals surface area contributed by atoms with Crippen LogP contribution in [0.15, 0.2) is 82.5 Å². The van der Waals surface area contributed by atoms with Crippen molar-refractivity contribution in [3.63, 3.8) is 0 Å². The third-order valence-corrected chi connectivity index (χ3v) is 8.03. The van der Waals surface area contributed by atoms with E-state index in [1.807, 2.05) is 44.2 Å². The van der Waals surface area contributed by atoms with Gasteiger partial charge in [0, 0.05) is 13.7 Å². The molecule has 35 heavy (non-hydrogen) atoms. The van der Waals surface area contributed by atoms with Crippen LogP contribution in [-0.4, -0.2) is 42.5 Å². The standard InChI is InChI=1S/C27H29N3O4S/c1-19-9-13-22(14-10-19)30-26(28-25-8-6-5-7-24(25)27(30)31)21(3)29(17-18-34-4)35(32,33)23-15-11-20(2)12-16-23/h5-16,21H,17-18H2,1-4H3. The smallest absolute Gasteiger partial charge is 0.266 e. The zero-order valence-corrected chi connectivity index (χ0v) is 21.1. The number of para-hydroxylation sites is 1. The van der Waals surface area contributed by atoms with Crippen molar-refractivity contribution in [3.8, 4) is 5.69 Å². The van der Waals surface area contributed by atoms with Crippen molar-refractivity contribution in [2.75, 3.05) is 20.3 Å². The van der Waals surface area contributed by atoms with E-state index in [1.165, 1.54) is 16.0 Å². The van der Waals surface area contributed by atoms with Gasteiger partial charge in [-0.2, -0.15) is 4.31 Å². The van der Waals surface area contributed by atoms with Gasteiger partial charge in [0.25, 0.3) is 5.56 Å². The first-order chi connectivity index (χ1) is 16.7. The summed E-state index contributed by atoms with van der Waals surface area (Å²) in [6.45, 7) is 5.92. The quantitative estimate of drug-likeness (QED) is 0.365. The number of hydrogen-bond donors (Lipinski definition) is 0. The molecule has 0 fully saturated rings. The minimum atomic E-state index is -3.91. The van der Waals surface area contributed by atoms with Crippen LogP contribution in [-0.2, 0) is 14.8 Å². The van der Waals surface area contributed by atoms with E-state index in [0.717, 1.165) is 11.1 Å². The van der Waals surface area contributed by atoms with E-state index in [1.54, 1.807) is 49.4 Å². The van der Waals surface area contributed by atoms with Gasteiger partial charge in [-0.25, -0.2) is 13.4 Å². The van der Waals surface area contributed by atoms with Gasteiger partial charge in [0.05, 0.1) is 34.1 Å². The molecule has 1 atom stereocenters. The second-order valence-electron chi connectivity index (χ2n) is 8.56. The number of ether oxygens (including phenoxy) is 1. The van der Waals surface area contributed by atoms with Crippen LogP contribution in [0.3, 0.4) is 0 Å². The van der Waals surface area contributed by atoms with Crippen LogP contribution < -0.4 is 5.56 Å². The molecule has 1 unspecified atom stereocenters. The summed E-state index contributed by atoms with van der Waals surface area (Å²) in [6, 6.07) is 20.6. The summed E-state index contributed by atoms with van der Waals surface area (Å²) >= 11 is 0. The minimum Gasteiger partial charge on any atom is -0.383 e. The number of rotatable bonds is 8. The normalized spacial score (nSPS) is 12.8. The zero-order chi connectivity index (χ0) is 25.2. The zero-order valence-electron chi connectivity index (χ0n) is 20.3. The van der Waals surface area contributed by atoms with Gasteiger partial charge < -0.3 is 4.74 Å². The summed E-state index contributed by atoms with van der Waals surface area (Å²) in [7, 11) is -2.39. The molecule has 0 spiro atoms. The highest BCUT2D eigenvalue weighted by Gasteiger charge is 2.33. The molecule has 0 bridgehead atoms. The number of nitrogens with zero attached hydrogens (tertiary/aromatic N) is 3. The lowest BCUT2D eigenvalue weighted by Gasteiger charge is -2.29. The van der Waals surface area contributed by atoms with Crippen molar-refractivity contribution in [1.82, 2.24) is 13.9 Å². The largest absolute Gasteiger partial charge is 0.383 e. The van der Waals surface area contributed by atoms with Gasteiger partial charge in [0.2, 0.25) is 10.0 Å². The van der Waals surface area contributed by atoms with Crippen molar-refractivity contribution in [2.45, 2.75) is 31.7 Å². The van der Waals surface area contributed by atoms with Gasteiger partial charge in [-0.3, -0.25) is 9.36 Å². The Labute approximate surface area is 205 Å². The Morgan fingerprint density at radius 2 is 1.54 bits per heavy atom. The molecule has 0 N–H and O–H groups in total. The van der Waals surface area contributed by atoms with E-state index >= 15 is 0 Å². The molecule has 0 amide bonds. The van der Waals surface area contributed by atoms with Crippen LogP contribution in [0.4, 0.5) is 0 Å². The molecule has 0 aliphatic rings. The van der Waals surface area contributed by atoms with Crippen LogP contribution >= 0.6 is 0 Å². The van der Waals surface area contributed by atoms with Crippen LogP contribution in [0.2, 0.25) is 0 Å². The second-order valence-corrected chi connectivity index (χ2v) is 10.5. The summed E-state index contributed by atoms with van der Waals surface area (Å²) < 4.78 is 35.6. The lowest BCUT2D eigenvalue weighted by molar-refractivity contribution is 0.166. The molecule has 1 heterocycles. The fourth-order valence-electron chi connectivity index (χ4n) is 4.05. The fraction of sp³-hybridized carbons (Fsp3) is 0.259.